The van der Waals surface area contributed by atoms with Crippen LogP contribution in [0, 0.1) is 0 Å². The summed E-state index contributed by atoms with van der Waals surface area (Å²) in [6, 6.07) is 15.9. The van der Waals surface area contributed by atoms with E-state index in [0.717, 1.165) is 27.7 Å². The van der Waals surface area contributed by atoms with Gasteiger partial charge in [-0.25, -0.2) is 0 Å². The first kappa shape index (κ1) is 12.4. The Kier molecular flexibility index (Phi) is 3.17. The number of ketones is 1. The Morgan fingerprint density at radius 1 is 1.20 bits per heavy atom. The second-order valence-corrected chi connectivity index (χ2v) is 4.67. The third-order valence-corrected chi connectivity index (χ3v) is 3.28. The zero-order chi connectivity index (χ0) is 13.9. The maximum absolute atomic E-state index is 11.5. The molecule has 0 spiro atoms. The van der Waals surface area contributed by atoms with Crippen LogP contribution in [0.4, 0.5) is 0 Å². The lowest BCUT2D eigenvalue weighted by Gasteiger charge is -2.02. The normalized spacial score (nSPS) is 10.6. The fourth-order valence-corrected chi connectivity index (χ4v) is 2.29. The van der Waals surface area contributed by atoms with Crippen molar-refractivity contribution in [2.24, 2.45) is 0 Å². The molecular formula is C17H14N2O. The molecule has 1 N–H and O–H groups in total. The molecule has 98 valence electrons. The van der Waals surface area contributed by atoms with E-state index in [1.165, 1.54) is 6.08 Å². The number of aromatic amines is 1. The van der Waals surface area contributed by atoms with Gasteiger partial charge in [-0.05, 0) is 23.8 Å². The van der Waals surface area contributed by atoms with Crippen molar-refractivity contribution in [3.63, 3.8) is 0 Å². The lowest BCUT2D eigenvalue weighted by molar-refractivity contribution is -0.114. The second-order valence-electron chi connectivity index (χ2n) is 4.67. The number of hydrogen-bond donors (Lipinski definition) is 1. The summed E-state index contributed by atoms with van der Waals surface area (Å²) in [5, 5.41) is 8.48. The van der Waals surface area contributed by atoms with E-state index in [1.54, 1.807) is 0 Å². The number of hydrogen-bond acceptors (Lipinski definition) is 2. The largest absolute Gasteiger partial charge is 0.295 e. The van der Waals surface area contributed by atoms with Crippen molar-refractivity contribution in [3.05, 3.63) is 66.7 Å². The molecule has 3 heteroatoms. The average Bonchev–Trinajstić information content (AvgIpc) is 2.91. The zero-order valence-electron chi connectivity index (χ0n) is 11.0. The smallest absolute Gasteiger partial charge is 0.159 e. The minimum Gasteiger partial charge on any atom is -0.295 e. The van der Waals surface area contributed by atoms with Gasteiger partial charge in [0.1, 0.15) is 0 Å². The Labute approximate surface area is 116 Å². The molecule has 0 bridgehead atoms. The van der Waals surface area contributed by atoms with Crippen LogP contribution in [-0.2, 0) is 11.2 Å². The molecule has 0 amide bonds. The molecule has 3 nitrogen and oxygen atoms in total. The van der Waals surface area contributed by atoms with Crippen molar-refractivity contribution >= 4 is 16.7 Å². The number of carbonyl (C=O) groups is 1. The molecule has 0 aliphatic heterocycles. The Balaban J connectivity index is 2.04. The Morgan fingerprint density at radius 2 is 2.05 bits per heavy atom. The van der Waals surface area contributed by atoms with Crippen molar-refractivity contribution in [1.82, 2.24) is 10.2 Å². The van der Waals surface area contributed by atoms with E-state index in [0.29, 0.717) is 6.42 Å². The SMILES string of the molecule is C=CC(=O)Cc1cccc(-c2n[nH]c3ccccc23)c1. The first-order valence-corrected chi connectivity index (χ1v) is 6.45. The molecule has 0 radical (unpaired) electrons. The molecule has 3 aromatic rings. The van der Waals surface area contributed by atoms with Gasteiger partial charge in [0.2, 0.25) is 0 Å². The minimum absolute atomic E-state index is 0.0223. The molecule has 0 saturated heterocycles. The number of nitrogens with one attached hydrogen (secondary N) is 1. The number of allylic oxidation sites excluding steroid dienone is 1. The number of para-hydroxylation sites is 1. The van der Waals surface area contributed by atoms with Crippen LogP contribution in [0.5, 0.6) is 0 Å². The van der Waals surface area contributed by atoms with Crippen LogP contribution < -0.4 is 0 Å². The van der Waals surface area contributed by atoms with Crippen molar-refractivity contribution in [3.8, 4) is 11.3 Å². The van der Waals surface area contributed by atoms with Gasteiger partial charge in [0, 0.05) is 17.4 Å². The third-order valence-electron chi connectivity index (χ3n) is 3.28. The third kappa shape index (κ3) is 2.26. The van der Waals surface area contributed by atoms with Gasteiger partial charge >= 0.3 is 0 Å². The Bertz CT molecular complexity index is 786. The maximum atomic E-state index is 11.5. The summed E-state index contributed by atoms with van der Waals surface area (Å²) in [5.41, 5.74) is 3.90. The van der Waals surface area contributed by atoms with E-state index in [9.17, 15) is 4.79 Å². The van der Waals surface area contributed by atoms with Crippen LogP contribution in [-0.4, -0.2) is 16.0 Å². The maximum Gasteiger partial charge on any atom is 0.159 e. The Morgan fingerprint density at radius 3 is 2.90 bits per heavy atom. The summed E-state index contributed by atoms with van der Waals surface area (Å²) >= 11 is 0. The minimum atomic E-state index is 0.0223. The molecule has 20 heavy (non-hydrogen) atoms. The standard InChI is InChI=1S/C17H14N2O/c1-2-14(20)11-12-6-5-7-13(10-12)17-15-8-3-4-9-16(15)18-19-17/h2-10H,1,11H2,(H,18,19). The fourth-order valence-electron chi connectivity index (χ4n) is 2.29. The summed E-state index contributed by atoms with van der Waals surface area (Å²) in [5.74, 6) is 0.0223. The Hall–Kier alpha value is -2.68. The van der Waals surface area contributed by atoms with E-state index in [-0.39, 0.29) is 5.78 Å². The molecule has 0 atom stereocenters. The van der Waals surface area contributed by atoms with Gasteiger partial charge in [-0.2, -0.15) is 5.10 Å². The monoisotopic (exact) mass is 262 g/mol. The van der Waals surface area contributed by atoms with Gasteiger partial charge in [0.25, 0.3) is 0 Å². The van der Waals surface area contributed by atoms with Crippen LogP contribution in [0.2, 0.25) is 0 Å². The van der Waals surface area contributed by atoms with Gasteiger partial charge in [0.05, 0.1) is 11.2 Å². The van der Waals surface area contributed by atoms with E-state index >= 15 is 0 Å². The highest BCUT2D eigenvalue weighted by Gasteiger charge is 2.08. The molecule has 0 unspecified atom stereocenters. The van der Waals surface area contributed by atoms with E-state index in [1.807, 2.05) is 48.5 Å². The number of benzene rings is 2. The van der Waals surface area contributed by atoms with Crippen molar-refractivity contribution < 1.29 is 4.79 Å². The van der Waals surface area contributed by atoms with Crippen molar-refractivity contribution in [1.29, 1.82) is 0 Å². The summed E-state index contributed by atoms with van der Waals surface area (Å²) in [7, 11) is 0. The zero-order valence-corrected chi connectivity index (χ0v) is 11.0. The lowest BCUT2D eigenvalue weighted by atomic mass is 10.0. The second kappa shape index (κ2) is 5.13. The lowest BCUT2D eigenvalue weighted by Crippen LogP contribution is -1.97. The first-order chi connectivity index (χ1) is 9.78. The van der Waals surface area contributed by atoms with Crippen molar-refractivity contribution in [2.45, 2.75) is 6.42 Å². The quantitative estimate of drug-likeness (QED) is 0.731. The van der Waals surface area contributed by atoms with Crippen molar-refractivity contribution in [2.75, 3.05) is 0 Å². The van der Waals surface area contributed by atoms with Crippen LogP contribution in [0.1, 0.15) is 5.56 Å². The van der Waals surface area contributed by atoms with Gasteiger partial charge in [0.15, 0.2) is 5.78 Å². The highest BCUT2D eigenvalue weighted by Crippen LogP contribution is 2.26. The molecule has 2 aromatic carbocycles. The molecule has 0 aliphatic carbocycles. The highest BCUT2D eigenvalue weighted by atomic mass is 16.1. The summed E-state index contributed by atoms with van der Waals surface area (Å²) in [6.07, 6.45) is 1.73. The summed E-state index contributed by atoms with van der Waals surface area (Å²) in [6.45, 7) is 3.50. The molecule has 1 aromatic heterocycles. The molecule has 1 heterocycles. The molecule has 0 fully saturated rings. The van der Waals surface area contributed by atoms with E-state index in [2.05, 4.69) is 16.8 Å². The van der Waals surface area contributed by atoms with Gasteiger partial charge < -0.3 is 0 Å². The van der Waals surface area contributed by atoms with Crippen LogP contribution in [0.25, 0.3) is 22.2 Å². The predicted molar refractivity (Wildman–Crippen MR) is 80.4 cm³/mol. The molecule has 3 rings (SSSR count). The van der Waals surface area contributed by atoms with Crippen LogP contribution in [0.15, 0.2) is 61.2 Å². The van der Waals surface area contributed by atoms with E-state index < -0.39 is 0 Å². The fraction of sp³-hybridized carbons (Fsp3) is 0.0588. The van der Waals surface area contributed by atoms with Gasteiger partial charge in [-0.3, -0.25) is 9.89 Å². The molecular weight excluding hydrogens is 248 g/mol. The number of nitrogens with zero attached hydrogens (tertiary/aromatic N) is 1. The average molecular weight is 262 g/mol. The van der Waals surface area contributed by atoms with Crippen LogP contribution >= 0.6 is 0 Å². The number of aromatic nitrogens is 2. The van der Waals surface area contributed by atoms with Gasteiger partial charge in [-0.15, -0.1) is 0 Å². The topological polar surface area (TPSA) is 45.8 Å². The summed E-state index contributed by atoms with van der Waals surface area (Å²) in [4.78, 5) is 11.5. The number of H-pyrrole nitrogens is 1. The van der Waals surface area contributed by atoms with Gasteiger partial charge in [-0.1, -0.05) is 43.0 Å². The van der Waals surface area contributed by atoms with Crippen LogP contribution in [0.3, 0.4) is 0 Å². The van der Waals surface area contributed by atoms with E-state index in [4.69, 9.17) is 0 Å². The number of carbonyl (C=O) groups excluding carboxylic acids is 1. The summed E-state index contributed by atoms with van der Waals surface area (Å²) < 4.78 is 0. The predicted octanol–water partition coefficient (Wildman–Crippen LogP) is 3.53. The first-order valence-electron chi connectivity index (χ1n) is 6.45. The number of fused-ring (bicyclic) bond motifs is 1. The molecule has 0 aliphatic rings. The molecule has 0 saturated carbocycles. The highest BCUT2D eigenvalue weighted by molar-refractivity contribution is 5.94. The number of rotatable bonds is 4.